The zero-order chi connectivity index (χ0) is 13.9. The van der Waals surface area contributed by atoms with Crippen molar-refractivity contribution in [2.24, 2.45) is 5.73 Å². The van der Waals surface area contributed by atoms with Gasteiger partial charge in [-0.1, -0.05) is 0 Å². The van der Waals surface area contributed by atoms with Gasteiger partial charge >= 0.3 is 0 Å². The molecular formula is C14H27N3O2. The van der Waals surface area contributed by atoms with Gasteiger partial charge in [0.1, 0.15) is 0 Å². The third-order valence-electron chi connectivity index (χ3n) is 4.55. The zero-order valence-electron chi connectivity index (χ0n) is 12.2. The first-order chi connectivity index (χ1) is 9.01. The fourth-order valence-electron chi connectivity index (χ4n) is 3.06. The molecule has 0 aromatic carbocycles. The molecule has 1 heterocycles. The highest BCUT2D eigenvalue weighted by atomic mass is 16.5. The molecule has 5 heteroatoms. The zero-order valence-corrected chi connectivity index (χ0v) is 12.2. The smallest absolute Gasteiger partial charge is 0.240 e. The topological polar surface area (TPSA) is 67.6 Å². The standard InChI is InChI=1S/C14H27N3O2/c1-17(2)12-5-3-4-11(10-12)16-13(18)14(15)6-8-19-9-7-14/h11-12H,3-10,15H2,1-2H3,(H,16,18). The number of hydrogen-bond donors (Lipinski definition) is 2. The van der Waals surface area contributed by atoms with Gasteiger partial charge < -0.3 is 20.7 Å². The molecule has 0 spiro atoms. The summed E-state index contributed by atoms with van der Waals surface area (Å²) >= 11 is 0. The number of nitrogens with two attached hydrogens (primary N) is 1. The number of ether oxygens (including phenoxy) is 1. The van der Waals surface area contributed by atoms with Crippen molar-refractivity contribution >= 4 is 5.91 Å². The van der Waals surface area contributed by atoms with Crippen LogP contribution in [0.25, 0.3) is 0 Å². The summed E-state index contributed by atoms with van der Waals surface area (Å²) in [6, 6.07) is 0.847. The lowest BCUT2D eigenvalue weighted by atomic mass is 9.87. The molecule has 2 fully saturated rings. The molecule has 1 saturated carbocycles. The molecule has 110 valence electrons. The first kappa shape index (κ1) is 14.8. The van der Waals surface area contributed by atoms with Crippen molar-refractivity contribution in [3.63, 3.8) is 0 Å². The van der Waals surface area contributed by atoms with Crippen LogP contribution >= 0.6 is 0 Å². The molecule has 0 aromatic heterocycles. The van der Waals surface area contributed by atoms with E-state index in [1.807, 2.05) is 0 Å². The molecule has 1 saturated heterocycles. The summed E-state index contributed by atoms with van der Waals surface area (Å²) in [4.78, 5) is 14.6. The van der Waals surface area contributed by atoms with Gasteiger partial charge in [-0.2, -0.15) is 0 Å². The number of nitrogens with zero attached hydrogens (tertiary/aromatic N) is 1. The van der Waals surface area contributed by atoms with Crippen molar-refractivity contribution in [3.8, 4) is 0 Å². The maximum absolute atomic E-state index is 12.4. The molecule has 1 aliphatic carbocycles. The molecular weight excluding hydrogens is 242 g/mol. The molecule has 0 bridgehead atoms. The molecule has 2 rings (SSSR count). The molecule has 3 N–H and O–H groups in total. The maximum Gasteiger partial charge on any atom is 0.240 e. The first-order valence-electron chi connectivity index (χ1n) is 7.35. The summed E-state index contributed by atoms with van der Waals surface area (Å²) in [6.07, 6.45) is 5.76. The predicted octanol–water partition coefficient (Wildman–Crippen LogP) is 0.483. The maximum atomic E-state index is 12.4. The van der Waals surface area contributed by atoms with Crippen LogP contribution in [0.5, 0.6) is 0 Å². The SMILES string of the molecule is CN(C)C1CCCC(NC(=O)C2(N)CCOCC2)C1. The number of carbonyl (C=O) groups is 1. The van der Waals surface area contributed by atoms with Crippen LogP contribution in [-0.4, -0.2) is 55.7 Å². The van der Waals surface area contributed by atoms with Gasteiger partial charge in [-0.15, -0.1) is 0 Å². The second-order valence-corrected chi connectivity index (χ2v) is 6.22. The molecule has 0 radical (unpaired) electrons. The van der Waals surface area contributed by atoms with Gasteiger partial charge in [0.15, 0.2) is 0 Å². The Morgan fingerprint density at radius 1 is 1.32 bits per heavy atom. The van der Waals surface area contributed by atoms with Crippen LogP contribution in [0, 0.1) is 0 Å². The van der Waals surface area contributed by atoms with Crippen molar-refractivity contribution in [2.45, 2.75) is 56.1 Å². The van der Waals surface area contributed by atoms with E-state index in [2.05, 4.69) is 24.3 Å². The van der Waals surface area contributed by atoms with Crippen LogP contribution in [-0.2, 0) is 9.53 Å². The largest absolute Gasteiger partial charge is 0.381 e. The van der Waals surface area contributed by atoms with Gasteiger partial charge in [-0.3, -0.25) is 4.79 Å². The van der Waals surface area contributed by atoms with Gasteiger partial charge in [0.25, 0.3) is 0 Å². The van der Waals surface area contributed by atoms with E-state index in [0.717, 1.165) is 12.8 Å². The van der Waals surface area contributed by atoms with Crippen LogP contribution in [0.4, 0.5) is 0 Å². The summed E-state index contributed by atoms with van der Waals surface area (Å²) in [5, 5.41) is 3.17. The Morgan fingerprint density at radius 3 is 2.63 bits per heavy atom. The minimum Gasteiger partial charge on any atom is -0.381 e. The van der Waals surface area contributed by atoms with E-state index in [0.29, 0.717) is 32.1 Å². The normalized spacial score (nSPS) is 31.2. The summed E-state index contributed by atoms with van der Waals surface area (Å²) in [6.45, 7) is 1.18. The molecule has 5 nitrogen and oxygen atoms in total. The Morgan fingerprint density at radius 2 is 2.00 bits per heavy atom. The second kappa shape index (κ2) is 6.20. The van der Waals surface area contributed by atoms with Gasteiger partial charge in [-0.25, -0.2) is 0 Å². The second-order valence-electron chi connectivity index (χ2n) is 6.22. The van der Waals surface area contributed by atoms with Crippen molar-refractivity contribution in [1.29, 1.82) is 0 Å². The van der Waals surface area contributed by atoms with Crippen molar-refractivity contribution in [2.75, 3.05) is 27.3 Å². The van der Waals surface area contributed by atoms with Crippen molar-refractivity contribution < 1.29 is 9.53 Å². The highest BCUT2D eigenvalue weighted by molar-refractivity contribution is 5.86. The molecule has 1 amide bonds. The third kappa shape index (κ3) is 3.68. The Balaban J connectivity index is 1.87. The van der Waals surface area contributed by atoms with E-state index in [1.54, 1.807) is 0 Å². The van der Waals surface area contributed by atoms with Gasteiger partial charge in [0.05, 0.1) is 5.54 Å². The van der Waals surface area contributed by atoms with E-state index >= 15 is 0 Å². The lowest BCUT2D eigenvalue weighted by Gasteiger charge is -2.37. The number of amides is 1. The van der Waals surface area contributed by atoms with Crippen molar-refractivity contribution in [3.05, 3.63) is 0 Å². The summed E-state index contributed by atoms with van der Waals surface area (Å²) < 4.78 is 5.29. The predicted molar refractivity (Wildman–Crippen MR) is 74.8 cm³/mol. The molecule has 2 aliphatic rings. The van der Waals surface area contributed by atoms with Crippen LogP contribution < -0.4 is 11.1 Å². The minimum atomic E-state index is -0.719. The average molecular weight is 269 g/mol. The highest BCUT2D eigenvalue weighted by Crippen LogP contribution is 2.23. The van der Waals surface area contributed by atoms with Crippen LogP contribution in [0.2, 0.25) is 0 Å². The summed E-state index contributed by atoms with van der Waals surface area (Å²) in [7, 11) is 4.22. The lowest BCUT2D eigenvalue weighted by Crippen LogP contribution is -2.59. The fourth-order valence-corrected chi connectivity index (χ4v) is 3.06. The molecule has 1 aliphatic heterocycles. The monoisotopic (exact) mass is 269 g/mol. The number of nitrogens with one attached hydrogen (secondary N) is 1. The van der Waals surface area contributed by atoms with E-state index < -0.39 is 5.54 Å². The van der Waals surface area contributed by atoms with Gasteiger partial charge in [0, 0.05) is 25.3 Å². The summed E-state index contributed by atoms with van der Waals surface area (Å²) in [5.41, 5.74) is 5.49. The van der Waals surface area contributed by atoms with E-state index in [1.165, 1.54) is 12.8 Å². The molecule has 19 heavy (non-hydrogen) atoms. The quantitative estimate of drug-likeness (QED) is 0.782. The van der Waals surface area contributed by atoms with Crippen LogP contribution in [0.15, 0.2) is 0 Å². The van der Waals surface area contributed by atoms with Crippen molar-refractivity contribution in [1.82, 2.24) is 10.2 Å². The van der Waals surface area contributed by atoms with E-state index in [9.17, 15) is 4.79 Å². The molecule has 2 atom stereocenters. The van der Waals surface area contributed by atoms with Crippen LogP contribution in [0.1, 0.15) is 38.5 Å². The Kier molecular flexibility index (Phi) is 4.81. The van der Waals surface area contributed by atoms with E-state index in [4.69, 9.17) is 10.5 Å². The molecule has 2 unspecified atom stereocenters. The molecule has 0 aromatic rings. The number of hydrogen-bond acceptors (Lipinski definition) is 4. The fraction of sp³-hybridized carbons (Fsp3) is 0.929. The Bertz CT molecular complexity index is 314. The lowest BCUT2D eigenvalue weighted by molar-refractivity contribution is -0.130. The van der Waals surface area contributed by atoms with Gasteiger partial charge in [0.2, 0.25) is 5.91 Å². The Labute approximate surface area is 115 Å². The number of carbonyl (C=O) groups excluding carboxylic acids is 1. The van der Waals surface area contributed by atoms with Gasteiger partial charge in [-0.05, 0) is 52.6 Å². The van der Waals surface area contributed by atoms with Crippen LogP contribution in [0.3, 0.4) is 0 Å². The number of rotatable bonds is 3. The first-order valence-corrected chi connectivity index (χ1v) is 7.35. The minimum absolute atomic E-state index is 0.0141. The summed E-state index contributed by atoms with van der Waals surface area (Å²) in [5.74, 6) is 0.0141. The highest BCUT2D eigenvalue weighted by Gasteiger charge is 2.37. The van der Waals surface area contributed by atoms with E-state index in [-0.39, 0.29) is 11.9 Å². The third-order valence-corrected chi connectivity index (χ3v) is 4.55. The average Bonchev–Trinajstić information content (AvgIpc) is 2.40. The Hall–Kier alpha value is -0.650.